The molecule has 2 N–H and O–H groups in total. The number of hydrogen-bond donors (Lipinski definition) is 2. The number of likely N-dealkylation sites (tertiary alicyclic amines) is 1. The Bertz CT molecular complexity index is 800. The van der Waals surface area contributed by atoms with E-state index in [0.717, 1.165) is 25.8 Å². The quantitative estimate of drug-likeness (QED) is 0.874. The van der Waals surface area contributed by atoms with E-state index in [0.29, 0.717) is 17.4 Å². The normalized spacial score (nSPS) is 31.6. The summed E-state index contributed by atoms with van der Waals surface area (Å²) in [5, 5.41) is 19.6. The van der Waals surface area contributed by atoms with Gasteiger partial charge in [0.15, 0.2) is 0 Å². The van der Waals surface area contributed by atoms with E-state index in [1.165, 1.54) is 16.7 Å². The molecule has 1 heterocycles. The number of phenols is 2. The smallest absolute Gasteiger partial charge is 0.115 e. The highest BCUT2D eigenvalue weighted by atomic mass is 16.3. The van der Waals surface area contributed by atoms with Crippen LogP contribution >= 0.6 is 0 Å². The largest absolute Gasteiger partial charge is 0.508 e. The van der Waals surface area contributed by atoms with Gasteiger partial charge in [0.2, 0.25) is 0 Å². The SMILES string of the molecule is C[C@H]1[C@]2(Cc3ccc(O)cc3)Cc3ccc(O)cc3[C@]1(C)CCN2C. The Morgan fingerprint density at radius 3 is 2.48 bits per heavy atom. The van der Waals surface area contributed by atoms with Crippen LogP contribution in [0.25, 0.3) is 0 Å². The average molecular weight is 337 g/mol. The van der Waals surface area contributed by atoms with Crippen LogP contribution in [0.2, 0.25) is 0 Å². The first-order valence-electron chi connectivity index (χ1n) is 9.17. The standard InChI is InChI=1S/C22H27NO2/c1-15-21(2)10-11-23(3)22(15,13-16-4-7-18(24)8-5-16)14-17-6-9-19(25)12-20(17)21/h4-9,12,15,24-25H,10-11,13-14H2,1-3H3/t15-,21-,22+/m1/s1. The Hall–Kier alpha value is -2.00. The van der Waals surface area contributed by atoms with Crippen LogP contribution in [-0.2, 0) is 18.3 Å². The molecule has 0 unspecified atom stereocenters. The predicted molar refractivity (Wildman–Crippen MR) is 100 cm³/mol. The Kier molecular flexibility index (Phi) is 3.62. The van der Waals surface area contributed by atoms with Gasteiger partial charge in [-0.05, 0) is 85.1 Å². The van der Waals surface area contributed by atoms with Crippen molar-refractivity contribution < 1.29 is 10.2 Å². The Morgan fingerprint density at radius 2 is 1.76 bits per heavy atom. The lowest BCUT2D eigenvalue weighted by Crippen LogP contribution is -2.66. The molecule has 2 aromatic carbocycles. The molecule has 1 aliphatic carbocycles. The Balaban J connectivity index is 1.82. The lowest BCUT2D eigenvalue weighted by Gasteiger charge is -2.61. The van der Waals surface area contributed by atoms with Crippen LogP contribution in [0.4, 0.5) is 0 Å². The van der Waals surface area contributed by atoms with E-state index >= 15 is 0 Å². The highest BCUT2D eigenvalue weighted by Gasteiger charge is 2.56. The number of piperidine rings is 1. The molecule has 4 rings (SSSR count). The van der Waals surface area contributed by atoms with E-state index in [4.69, 9.17) is 0 Å². The van der Waals surface area contributed by atoms with Gasteiger partial charge >= 0.3 is 0 Å². The number of phenolic OH excluding ortho intramolecular Hbond substituents is 2. The van der Waals surface area contributed by atoms with Gasteiger partial charge < -0.3 is 10.2 Å². The fourth-order valence-corrected chi connectivity index (χ4v) is 5.32. The van der Waals surface area contributed by atoms with Gasteiger partial charge in [-0.2, -0.15) is 0 Å². The van der Waals surface area contributed by atoms with E-state index in [2.05, 4.69) is 31.9 Å². The molecule has 0 amide bonds. The summed E-state index contributed by atoms with van der Waals surface area (Å²) in [5.74, 6) is 1.17. The van der Waals surface area contributed by atoms with Crippen LogP contribution < -0.4 is 0 Å². The van der Waals surface area contributed by atoms with Crippen molar-refractivity contribution in [3.05, 3.63) is 59.2 Å². The maximum absolute atomic E-state index is 10.0. The summed E-state index contributed by atoms with van der Waals surface area (Å²) in [5.41, 5.74) is 4.10. The maximum Gasteiger partial charge on any atom is 0.115 e. The molecule has 1 saturated heterocycles. The zero-order valence-electron chi connectivity index (χ0n) is 15.3. The number of benzene rings is 2. The molecule has 3 heteroatoms. The van der Waals surface area contributed by atoms with Gasteiger partial charge in [0.1, 0.15) is 11.5 Å². The van der Waals surface area contributed by atoms with Crippen LogP contribution in [0, 0.1) is 5.92 Å². The van der Waals surface area contributed by atoms with Gasteiger partial charge in [-0.15, -0.1) is 0 Å². The topological polar surface area (TPSA) is 43.7 Å². The third-order valence-electron chi connectivity index (χ3n) is 7.14. The highest BCUT2D eigenvalue weighted by Crippen LogP contribution is 2.54. The minimum Gasteiger partial charge on any atom is -0.508 e. The van der Waals surface area contributed by atoms with Crippen molar-refractivity contribution in [3.63, 3.8) is 0 Å². The Labute approximate surface area is 149 Å². The molecule has 0 radical (unpaired) electrons. The number of hydrogen-bond acceptors (Lipinski definition) is 3. The van der Waals surface area contributed by atoms with Gasteiger partial charge in [0, 0.05) is 5.54 Å². The molecule has 0 spiro atoms. The monoisotopic (exact) mass is 337 g/mol. The predicted octanol–water partition coefficient (Wildman–Crippen LogP) is 3.86. The summed E-state index contributed by atoms with van der Waals surface area (Å²) in [4.78, 5) is 2.54. The highest BCUT2D eigenvalue weighted by molar-refractivity contribution is 5.46. The molecule has 0 aromatic heterocycles. The zero-order chi connectivity index (χ0) is 17.8. The van der Waals surface area contributed by atoms with E-state index in [-0.39, 0.29) is 11.0 Å². The van der Waals surface area contributed by atoms with E-state index < -0.39 is 0 Å². The zero-order valence-corrected chi connectivity index (χ0v) is 15.3. The van der Waals surface area contributed by atoms with Crippen molar-refractivity contribution in [2.24, 2.45) is 5.92 Å². The summed E-state index contributed by atoms with van der Waals surface area (Å²) in [7, 11) is 2.25. The summed E-state index contributed by atoms with van der Waals surface area (Å²) in [6, 6.07) is 13.6. The fraction of sp³-hybridized carbons (Fsp3) is 0.455. The second kappa shape index (κ2) is 5.50. The molecule has 2 aliphatic rings. The minimum absolute atomic E-state index is 0.0634. The number of aromatic hydroxyl groups is 2. The summed E-state index contributed by atoms with van der Waals surface area (Å²) in [6.45, 7) is 5.81. The van der Waals surface area contributed by atoms with E-state index in [1.807, 2.05) is 24.3 Å². The molecule has 3 atom stereocenters. The van der Waals surface area contributed by atoms with E-state index in [1.54, 1.807) is 12.1 Å². The van der Waals surface area contributed by atoms with Crippen LogP contribution in [0.3, 0.4) is 0 Å². The average Bonchev–Trinajstić information content (AvgIpc) is 2.59. The van der Waals surface area contributed by atoms with Crippen LogP contribution in [0.1, 0.15) is 37.0 Å². The van der Waals surface area contributed by atoms with Gasteiger partial charge in [-0.25, -0.2) is 0 Å². The summed E-state index contributed by atoms with van der Waals surface area (Å²) in [6.07, 6.45) is 3.08. The fourth-order valence-electron chi connectivity index (χ4n) is 5.32. The van der Waals surface area contributed by atoms with Gasteiger partial charge in [-0.1, -0.05) is 32.0 Å². The van der Waals surface area contributed by atoms with Crippen molar-refractivity contribution in [2.45, 2.75) is 44.1 Å². The summed E-state index contributed by atoms with van der Waals surface area (Å²) >= 11 is 0. The first-order valence-corrected chi connectivity index (χ1v) is 9.17. The minimum atomic E-state index is 0.0634. The summed E-state index contributed by atoms with van der Waals surface area (Å²) < 4.78 is 0. The van der Waals surface area contributed by atoms with Crippen molar-refractivity contribution in [1.29, 1.82) is 0 Å². The first-order chi connectivity index (χ1) is 11.8. The molecule has 1 aliphatic heterocycles. The van der Waals surface area contributed by atoms with Crippen LogP contribution in [-0.4, -0.2) is 34.2 Å². The molecule has 25 heavy (non-hydrogen) atoms. The van der Waals surface area contributed by atoms with Crippen LogP contribution in [0.15, 0.2) is 42.5 Å². The molecule has 2 aromatic rings. The molecule has 1 fully saturated rings. The van der Waals surface area contributed by atoms with Crippen molar-refractivity contribution in [3.8, 4) is 11.5 Å². The van der Waals surface area contributed by atoms with Gasteiger partial charge in [0.25, 0.3) is 0 Å². The number of likely N-dealkylation sites (N-methyl/N-ethyl adjacent to an activating group) is 1. The molecule has 132 valence electrons. The van der Waals surface area contributed by atoms with Crippen molar-refractivity contribution in [1.82, 2.24) is 4.90 Å². The third kappa shape index (κ3) is 2.36. The molecule has 2 bridgehead atoms. The van der Waals surface area contributed by atoms with Gasteiger partial charge in [-0.3, -0.25) is 4.90 Å². The maximum atomic E-state index is 10.0. The molecular weight excluding hydrogens is 310 g/mol. The van der Waals surface area contributed by atoms with Crippen LogP contribution in [0.5, 0.6) is 11.5 Å². The molecule has 3 nitrogen and oxygen atoms in total. The third-order valence-corrected chi connectivity index (χ3v) is 7.14. The van der Waals surface area contributed by atoms with Gasteiger partial charge in [0.05, 0.1) is 0 Å². The second-order valence-electron chi connectivity index (χ2n) is 8.28. The first kappa shape index (κ1) is 16.5. The molecular formula is C22H27NO2. The number of rotatable bonds is 2. The second-order valence-corrected chi connectivity index (χ2v) is 8.28. The van der Waals surface area contributed by atoms with E-state index in [9.17, 15) is 10.2 Å². The number of fused-ring (bicyclic) bond motifs is 4. The van der Waals surface area contributed by atoms with Crippen molar-refractivity contribution >= 4 is 0 Å². The Morgan fingerprint density at radius 1 is 1.08 bits per heavy atom. The lowest BCUT2D eigenvalue weighted by atomic mass is 9.52. The number of nitrogens with zero attached hydrogens (tertiary/aromatic N) is 1. The van der Waals surface area contributed by atoms with Crippen molar-refractivity contribution in [2.75, 3.05) is 13.6 Å². The molecule has 0 saturated carbocycles. The lowest BCUT2D eigenvalue weighted by molar-refractivity contribution is -0.0367.